The second kappa shape index (κ2) is 6.90. The first-order valence-corrected chi connectivity index (χ1v) is 7.41. The number of thioether (sulfide) groups is 1. The molecule has 0 spiro atoms. The van der Waals surface area contributed by atoms with E-state index in [-0.39, 0.29) is 0 Å². The van der Waals surface area contributed by atoms with Crippen molar-refractivity contribution in [3.05, 3.63) is 23.8 Å². The van der Waals surface area contributed by atoms with E-state index in [2.05, 4.69) is 29.2 Å². The lowest BCUT2D eigenvalue weighted by molar-refractivity contribution is 0.393. The van der Waals surface area contributed by atoms with Gasteiger partial charge in [0.05, 0.1) is 14.2 Å². The fourth-order valence-corrected chi connectivity index (χ4v) is 3.39. The standard InChI is InChI=1S/C14H21NO2S/c1-16-12-6-11(7-13(8-12)17-2)9-15-10-14-4-3-5-18-14/h6-8,14-15H,3-5,9-10H2,1-2H3/t14-/m1/s1. The summed E-state index contributed by atoms with van der Waals surface area (Å²) < 4.78 is 10.5. The van der Waals surface area contributed by atoms with Gasteiger partial charge in [0.15, 0.2) is 0 Å². The van der Waals surface area contributed by atoms with Gasteiger partial charge < -0.3 is 14.8 Å². The SMILES string of the molecule is COc1cc(CNC[C@H]2CCCS2)cc(OC)c1. The molecule has 0 radical (unpaired) electrons. The average Bonchev–Trinajstić information content (AvgIpc) is 2.91. The zero-order valence-electron chi connectivity index (χ0n) is 11.1. The van der Waals surface area contributed by atoms with E-state index in [1.54, 1.807) is 14.2 Å². The Hall–Kier alpha value is -0.870. The molecular weight excluding hydrogens is 246 g/mol. The van der Waals surface area contributed by atoms with Crippen molar-refractivity contribution in [2.75, 3.05) is 26.5 Å². The van der Waals surface area contributed by atoms with Crippen molar-refractivity contribution in [2.24, 2.45) is 0 Å². The molecule has 4 heteroatoms. The van der Waals surface area contributed by atoms with Crippen LogP contribution < -0.4 is 14.8 Å². The van der Waals surface area contributed by atoms with Gasteiger partial charge in [-0.2, -0.15) is 11.8 Å². The first kappa shape index (κ1) is 13.6. The second-order valence-electron chi connectivity index (χ2n) is 4.49. The van der Waals surface area contributed by atoms with Crippen molar-refractivity contribution in [2.45, 2.75) is 24.6 Å². The van der Waals surface area contributed by atoms with Crippen molar-refractivity contribution in [3.8, 4) is 11.5 Å². The Morgan fingerprint density at radius 3 is 2.50 bits per heavy atom. The molecule has 100 valence electrons. The molecule has 1 aromatic rings. The largest absolute Gasteiger partial charge is 0.497 e. The monoisotopic (exact) mass is 267 g/mol. The first-order chi connectivity index (χ1) is 8.81. The lowest BCUT2D eigenvalue weighted by atomic mass is 10.2. The second-order valence-corrected chi connectivity index (χ2v) is 5.90. The highest BCUT2D eigenvalue weighted by Gasteiger charge is 2.14. The van der Waals surface area contributed by atoms with E-state index in [1.807, 2.05) is 6.07 Å². The van der Waals surface area contributed by atoms with E-state index in [9.17, 15) is 0 Å². The van der Waals surface area contributed by atoms with Crippen LogP contribution in [0.1, 0.15) is 18.4 Å². The minimum absolute atomic E-state index is 0.789. The minimum atomic E-state index is 0.789. The van der Waals surface area contributed by atoms with Crippen LogP contribution in [0.25, 0.3) is 0 Å². The van der Waals surface area contributed by atoms with Gasteiger partial charge in [-0.05, 0) is 36.3 Å². The molecule has 1 aromatic carbocycles. The highest BCUT2D eigenvalue weighted by Crippen LogP contribution is 2.26. The summed E-state index contributed by atoms with van der Waals surface area (Å²) in [6, 6.07) is 6.00. The van der Waals surface area contributed by atoms with Crippen LogP contribution in [0.15, 0.2) is 18.2 Å². The third-order valence-electron chi connectivity index (χ3n) is 3.14. The molecule has 1 aliphatic rings. The van der Waals surface area contributed by atoms with Crippen molar-refractivity contribution < 1.29 is 9.47 Å². The molecule has 3 nitrogen and oxygen atoms in total. The zero-order valence-corrected chi connectivity index (χ0v) is 11.9. The maximum Gasteiger partial charge on any atom is 0.122 e. The van der Waals surface area contributed by atoms with Crippen LogP contribution in [0.2, 0.25) is 0 Å². The van der Waals surface area contributed by atoms with Crippen molar-refractivity contribution in [1.82, 2.24) is 5.32 Å². The molecule has 2 rings (SSSR count). The molecular formula is C14H21NO2S. The van der Waals surface area contributed by atoms with Crippen LogP contribution in [-0.2, 0) is 6.54 Å². The van der Waals surface area contributed by atoms with Gasteiger partial charge in [-0.15, -0.1) is 0 Å². The van der Waals surface area contributed by atoms with Gasteiger partial charge in [0.1, 0.15) is 11.5 Å². The Morgan fingerprint density at radius 1 is 1.22 bits per heavy atom. The van der Waals surface area contributed by atoms with Crippen LogP contribution in [0.5, 0.6) is 11.5 Å². The average molecular weight is 267 g/mol. The van der Waals surface area contributed by atoms with Gasteiger partial charge in [0.25, 0.3) is 0 Å². The van der Waals surface area contributed by atoms with E-state index in [1.165, 1.54) is 24.2 Å². The summed E-state index contributed by atoms with van der Waals surface area (Å²) in [5.41, 5.74) is 1.20. The molecule has 0 aliphatic carbocycles. The Labute approximate surface area is 113 Å². The van der Waals surface area contributed by atoms with Crippen LogP contribution in [0.3, 0.4) is 0 Å². The Kier molecular flexibility index (Phi) is 5.20. The van der Waals surface area contributed by atoms with Crippen molar-refractivity contribution in [1.29, 1.82) is 0 Å². The zero-order chi connectivity index (χ0) is 12.8. The van der Waals surface area contributed by atoms with Crippen LogP contribution in [-0.4, -0.2) is 31.8 Å². The van der Waals surface area contributed by atoms with Crippen molar-refractivity contribution >= 4 is 11.8 Å². The molecule has 0 bridgehead atoms. The number of methoxy groups -OCH3 is 2. The summed E-state index contributed by atoms with van der Waals surface area (Å²) in [5, 5.41) is 4.30. The van der Waals surface area contributed by atoms with E-state index in [0.717, 1.165) is 29.8 Å². The molecule has 0 saturated carbocycles. The molecule has 1 heterocycles. The molecule has 0 aromatic heterocycles. The molecule has 1 N–H and O–H groups in total. The molecule has 1 fully saturated rings. The van der Waals surface area contributed by atoms with Crippen LogP contribution >= 0.6 is 11.8 Å². The predicted octanol–water partition coefficient (Wildman–Crippen LogP) is 2.69. The van der Waals surface area contributed by atoms with Gasteiger partial charge in [0, 0.05) is 24.4 Å². The number of nitrogens with one attached hydrogen (secondary N) is 1. The third kappa shape index (κ3) is 3.82. The summed E-state index contributed by atoms with van der Waals surface area (Å²) >= 11 is 2.08. The maximum absolute atomic E-state index is 5.27. The van der Waals surface area contributed by atoms with Crippen LogP contribution in [0, 0.1) is 0 Å². The first-order valence-electron chi connectivity index (χ1n) is 6.36. The number of rotatable bonds is 6. The van der Waals surface area contributed by atoms with E-state index >= 15 is 0 Å². The van der Waals surface area contributed by atoms with Crippen LogP contribution in [0.4, 0.5) is 0 Å². The smallest absolute Gasteiger partial charge is 0.122 e. The van der Waals surface area contributed by atoms with Gasteiger partial charge >= 0.3 is 0 Å². The van der Waals surface area contributed by atoms with E-state index in [0.29, 0.717) is 0 Å². The van der Waals surface area contributed by atoms with Crippen molar-refractivity contribution in [3.63, 3.8) is 0 Å². The fourth-order valence-electron chi connectivity index (χ4n) is 2.15. The Bertz CT molecular complexity index is 356. The highest BCUT2D eigenvalue weighted by molar-refractivity contribution is 8.00. The molecule has 1 aliphatic heterocycles. The van der Waals surface area contributed by atoms with Gasteiger partial charge in [-0.3, -0.25) is 0 Å². The number of hydrogen-bond donors (Lipinski definition) is 1. The number of benzene rings is 1. The summed E-state index contributed by atoms with van der Waals surface area (Å²) in [4.78, 5) is 0. The van der Waals surface area contributed by atoms with Gasteiger partial charge in [-0.25, -0.2) is 0 Å². The molecule has 0 amide bonds. The topological polar surface area (TPSA) is 30.5 Å². The molecule has 18 heavy (non-hydrogen) atoms. The normalized spacial score (nSPS) is 18.9. The molecule has 0 unspecified atom stereocenters. The van der Waals surface area contributed by atoms with E-state index in [4.69, 9.17) is 9.47 Å². The minimum Gasteiger partial charge on any atom is -0.497 e. The van der Waals surface area contributed by atoms with E-state index < -0.39 is 0 Å². The van der Waals surface area contributed by atoms with Gasteiger partial charge in [-0.1, -0.05) is 0 Å². The lowest BCUT2D eigenvalue weighted by Gasteiger charge is -2.12. The molecule has 1 saturated heterocycles. The summed E-state index contributed by atoms with van der Waals surface area (Å²) in [6.45, 7) is 1.95. The maximum atomic E-state index is 5.27. The third-order valence-corrected chi connectivity index (χ3v) is 4.53. The number of ether oxygens (including phenoxy) is 2. The molecule has 1 atom stereocenters. The highest BCUT2D eigenvalue weighted by atomic mass is 32.2. The van der Waals surface area contributed by atoms with Gasteiger partial charge in [0.2, 0.25) is 0 Å². The quantitative estimate of drug-likeness (QED) is 0.858. The lowest BCUT2D eigenvalue weighted by Crippen LogP contribution is -2.22. The number of hydrogen-bond acceptors (Lipinski definition) is 4. The summed E-state index contributed by atoms with van der Waals surface area (Å²) in [5.74, 6) is 3.02. The Balaban J connectivity index is 1.87. The summed E-state index contributed by atoms with van der Waals surface area (Å²) in [6.07, 6.45) is 2.71. The fraction of sp³-hybridized carbons (Fsp3) is 0.571. The summed E-state index contributed by atoms with van der Waals surface area (Å²) in [7, 11) is 3.36. The predicted molar refractivity (Wildman–Crippen MR) is 76.7 cm³/mol. The Morgan fingerprint density at radius 2 is 1.94 bits per heavy atom.